The molecule has 1 aromatic carbocycles. The van der Waals surface area contributed by atoms with Gasteiger partial charge in [0.15, 0.2) is 0 Å². The van der Waals surface area contributed by atoms with Gasteiger partial charge >= 0.3 is 0 Å². The van der Waals surface area contributed by atoms with Crippen molar-refractivity contribution in [3.05, 3.63) is 47.8 Å². The van der Waals surface area contributed by atoms with Crippen LogP contribution in [0.3, 0.4) is 0 Å². The van der Waals surface area contributed by atoms with E-state index in [0.717, 1.165) is 43.8 Å². The molecule has 7 nitrogen and oxygen atoms in total. The summed E-state index contributed by atoms with van der Waals surface area (Å²) in [6.45, 7) is 16.5. The molecule has 0 aliphatic carbocycles. The Balaban J connectivity index is 0.000000400. The van der Waals surface area contributed by atoms with Gasteiger partial charge in [-0.1, -0.05) is 39.0 Å². The number of rotatable bonds is 8. The van der Waals surface area contributed by atoms with Crippen LogP contribution in [0.4, 0.5) is 4.39 Å². The minimum absolute atomic E-state index is 0.0309. The lowest BCUT2D eigenvalue weighted by atomic mass is 9.95. The second kappa shape index (κ2) is 15.7. The first-order valence-corrected chi connectivity index (χ1v) is 12.3. The topological polar surface area (TPSA) is 70.5 Å². The van der Waals surface area contributed by atoms with Crippen molar-refractivity contribution in [2.24, 2.45) is 15.4 Å². The molecule has 0 radical (unpaired) electrons. The van der Waals surface area contributed by atoms with Gasteiger partial charge in [-0.05, 0) is 44.7 Å². The molecule has 1 aromatic rings. The third-order valence-electron chi connectivity index (χ3n) is 5.71. The van der Waals surface area contributed by atoms with Gasteiger partial charge in [0.1, 0.15) is 24.2 Å². The lowest BCUT2D eigenvalue weighted by molar-refractivity contribution is -0.0651. The summed E-state index contributed by atoms with van der Waals surface area (Å²) in [5, 5.41) is 2.90. The van der Waals surface area contributed by atoms with Crippen molar-refractivity contribution in [1.29, 1.82) is 0 Å². The fraction of sp³-hybridized carbons (Fsp3) is 0.630. The number of amidine groups is 2. The summed E-state index contributed by atoms with van der Waals surface area (Å²) in [6.07, 6.45) is 5.57. The van der Waals surface area contributed by atoms with Gasteiger partial charge in [-0.2, -0.15) is 0 Å². The summed E-state index contributed by atoms with van der Waals surface area (Å²) >= 11 is 0. The third-order valence-corrected chi connectivity index (χ3v) is 5.71. The van der Waals surface area contributed by atoms with Gasteiger partial charge in [0.25, 0.3) is 0 Å². The zero-order valence-electron chi connectivity index (χ0n) is 22.9. The normalized spacial score (nSPS) is 16.8. The van der Waals surface area contributed by atoms with Crippen molar-refractivity contribution in [2.75, 3.05) is 41.0 Å². The molecular formula is C27H46FN5O2. The maximum absolute atomic E-state index is 13.1. The minimum atomic E-state index is -0.200. The van der Waals surface area contributed by atoms with Crippen LogP contribution in [-0.4, -0.2) is 69.7 Å². The number of aryl methyl sites for hydroxylation is 1. The number of nitrogens with one attached hydrogen (secondary N) is 2. The zero-order valence-corrected chi connectivity index (χ0v) is 22.9. The fourth-order valence-corrected chi connectivity index (χ4v) is 3.64. The summed E-state index contributed by atoms with van der Waals surface area (Å²) < 4.78 is 19.1. The van der Waals surface area contributed by atoms with Crippen molar-refractivity contribution < 1.29 is 14.0 Å². The van der Waals surface area contributed by atoms with E-state index in [9.17, 15) is 4.39 Å². The number of nitrogens with zero attached hydrogens (tertiary/aromatic N) is 3. The summed E-state index contributed by atoms with van der Waals surface area (Å²) in [6, 6.07) is 5.07. The molecule has 1 aliphatic rings. The molecule has 198 valence electrons. The maximum atomic E-state index is 13.1. The van der Waals surface area contributed by atoms with Gasteiger partial charge in [0.2, 0.25) is 0 Å². The Kier molecular flexibility index (Phi) is 13.7. The van der Waals surface area contributed by atoms with Gasteiger partial charge in [0, 0.05) is 45.2 Å². The average molecular weight is 492 g/mol. The van der Waals surface area contributed by atoms with Gasteiger partial charge in [-0.3, -0.25) is 25.2 Å². The molecule has 2 rings (SSSR count). The van der Waals surface area contributed by atoms with Crippen LogP contribution in [0.5, 0.6) is 0 Å². The predicted octanol–water partition coefficient (Wildman–Crippen LogP) is 4.72. The van der Waals surface area contributed by atoms with E-state index >= 15 is 0 Å². The molecule has 0 bridgehead atoms. The van der Waals surface area contributed by atoms with E-state index in [1.165, 1.54) is 6.07 Å². The predicted molar refractivity (Wildman–Crippen MR) is 145 cm³/mol. The Bertz CT molecular complexity index is 827. The Morgan fingerprint density at radius 1 is 1.26 bits per heavy atom. The lowest BCUT2D eigenvalue weighted by Crippen LogP contribution is -2.42. The Hall–Kier alpha value is -2.29. The molecule has 1 saturated heterocycles. The van der Waals surface area contributed by atoms with Crippen LogP contribution in [0.25, 0.3) is 0 Å². The molecule has 8 heteroatoms. The van der Waals surface area contributed by atoms with E-state index in [1.807, 2.05) is 12.1 Å². The van der Waals surface area contributed by atoms with Gasteiger partial charge < -0.3 is 10.1 Å². The molecule has 1 heterocycles. The van der Waals surface area contributed by atoms with Crippen LogP contribution in [0.2, 0.25) is 0 Å². The highest BCUT2D eigenvalue weighted by molar-refractivity contribution is 5.98. The standard InChI is InChI=1S/C17H33N3O2.C10H13FN2/c1-7-8-14(2)22-15-9-11-20(12-10-15)13-21-19-16(18-6)17(3,4)5;1-7-4-5-8(6-9(7)11)10(12-2)13-3/h7,14-15H,1,8-13H2,2-6H3,(H,18,19);4-6H,1-3H3,(H,12,13)/t14-;/m1./s1. The molecule has 1 atom stereocenters. The minimum Gasteiger partial charge on any atom is -0.375 e. The van der Waals surface area contributed by atoms with Gasteiger partial charge in [-0.25, -0.2) is 4.39 Å². The molecule has 2 N–H and O–H groups in total. The van der Waals surface area contributed by atoms with Crippen molar-refractivity contribution >= 4 is 11.7 Å². The molecule has 0 saturated carbocycles. The first kappa shape index (κ1) is 30.7. The van der Waals surface area contributed by atoms with Crippen LogP contribution in [0, 0.1) is 18.2 Å². The monoisotopic (exact) mass is 491 g/mol. The van der Waals surface area contributed by atoms with Crippen LogP contribution < -0.4 is 10.8 Å². The van der Waals surface area contributed by atoms with Crippen LogP contribution in [0.15, 0.2) is 40.8 Å². The second-order valence-corrected chi connectivity index (χ2v) is 9.77. The SMILES string of the molecule is C=CC[C@@H](C)OC1CCN(CONC(=NC)C(C)(C)C)CC1.CN=C(NC)c1ccc(C)c(F)c1. The first-order chi connectivity index (χ1) is 16.5. The summed E-state index contributed by atoms with van der Waals surface area (Å²) in [7, 11) is 5.22. The maximum Gasteiger partial charge on any atom is 0.127 e. The smallest absolute Gasteiger partial charge is 0.127 e. The number of aliphatic imine (C=N–C) groups is 2. The second-order valence-electron chi connectivity index (χ2n) is 9.77. The largest absolute Gasteiger partial charge is 0.375 e. The van der Waals surface area contributed by atoms with Gasteiger partial charge in [-0.15, -0.1) is 6.58 Å². The number of hydrogen-bond donors (Lipinski definition) is 2. The molecule has 0 spiro atoms. The molecule has 1 fully saturated rings. The molecule has 35 heavy (non-hydrogen) atoms. The molecule has 1 aliphatic heterocycles. The summed E-state index contributed by atoms with van der Waals surface area (Å²) in [5.41, 5.74) is 4.37. The lowest BCUT2D eigenvalue weighted by Gasteiger charge is -2.33. The third kappa shape index (κ3) is 11.3. The van der Waals surface area contributed by atoms with E-state index in [4.69, 9.17) is 9.57 Å². The Morgan fingerprint density at radius 2 is 1.91 bits per heavy atom. The van der Waals surface area contributed by atoms with Crippen LogP contribution in [0.1, 0.15) is 58.1 Å². The Labute approximate surface area is 211 Å². The van der Waals surface area contributed by atoms with E-state index in [-0.39, 0.29) is 17.3 Å². The highest BCUT2D eigenvalue weighted by Crippen LogP contribution is 2.17. The molecular weight excluding hydrogens is 445 g/mol. The number of piperidine rings is 1. The van der Waals surface area contributed by atoms with Crippen LogP contribution in [-0.2, 0) is 9.57 Å². The highest BCUT2D eigenvalue weighted by atomic mass is 19.1. The number of hydrogen-bond acceptors (Lipinski definition) is 5. The number of ether oxygens (including phenoxy) is 1. The van der Waals surface area contributed by atoms with E-state index in [2.05, 4.69) is 60.0 Å². The number of benzene rings is 1. The van der Waals surface area contributed by atoms with Crippen molar-refractivity contribution in [3.63, 3.8) is 0 Å². The molecule has 0 aromatic heterocycles. The summed E-state index contributed by atoms with van der Waals surface area (Å²) in [5.74, 6) is 1.36. The van der Waals surface area contributed by atoms with E-state index in [1.54, 1.807) is 34.1 Å². The quantitative estimate of drug-likeness (QED) is 0.238. The average Bonchev–Trinajstić information content (AvgIpc) is 2.80. The summed E-state index contributed by atoms with van der Waals surface area (Å²) in [4.78, 5) is 16.1. The van der Waals surface area contributed by atoms with Gasteiger partial charge in [0.05, 0.1) is 12.2 Å². The highest BCUT2D eigenvalue weighted by Gasteiger charge is 2.22. The van der Waals surface area contributed by atoms with E-state index in [0.29, 0.717) is 24.2 Å². The van der Waals surface area contributed by atoms with Crippen molar-refractivity contribution in [2.45, 2.75) is 66.1 Å². The first-order valence-electron chi connectivity index (χ1n) is 12.3. The molecule has 0 unspecified atom stereocenters. The number of likely N-dealkylation sites (tertiary alicyclic amines) is 1. The number of halogens is 1. The van der Waals surface area contributed by atoms with Crippen LogP contribution >= 0.6 is 0 Å². The number of hydroxylamine groups is 1. The zero-order chi connectivity index (χ0) is 26.4. The fourth-order valence-electron chi connectivity index (χ4n) is 3.64. The molecule has 0 amide bonds. The Morgan fingerprint density at radius 3 is 2.40 bits per heavy atom. The van der Waals surface area contributed by atoms with Crippen molar-refractivity contribution in [1.82, 2.24) is 15.7 Å². The van der Waals surface area contributed by atoms with Crippen molar-refractivity contribution in [3.8, 4) is 0 Å². The van der Waals surface area contributed by atoms with E-state index < -0.39 is 0 Å².